The average Bonchev–Trinajstić information content (AvgIpc) is 2.68. The van der Waals surface area contributed by atoms with Crippen molar-refractivity contribution in [3.63, 3.8) is 0 Å². The highest BCUT2D eigenvalue weighted by atomic mass is 16.2. The first-order chi connectivity index (χ1) is 9.25. The summed E-state index contributed by atoms with van der Waals surface area (Å²) in [4.78, 5) is 14.4. The molecule has 0 aromatic carbocycles. The molecule has 1 amide bonds. The monoisotopic (exact) mass is 267 g/mol. The van der Waals surface area contributed by atoms with Crippen molar-refractivity contribution in [3.8, 4) is 0 Å². The van der Waals surface area contributed by atoms with Crippen LogP contribution in [-0.4, -0.2) is 49.6 Å². The van der Waals surface area contributed by atoms with E-state index in [1.54, 1.807) is 0 Å². The zero-order valence-corrected chi connectivity index (χ0v) is 12.3. The number of amides is 1. The molecule has 1 aliphatic heterocycles. The molecule has 0 spiro atoms. The predicted molar refractivity (Wildman–Crippen MR) is 78.1 cm³/mol. The molecule has 110 valence electrons. The summed E-state index contributed by atoms with van der Waals surface area (Å²) in [6, 6.07) is 0.345. The SMILES string of the molecule is CC(NC(=O)CN1CCCNCC1)C1CCCCC1. The van der Waals surface area contributed by atoms with Crippen molar-refractivity contribution in [3.05, 3.63) is 0 Å². The lowest BCUT2D eigenvalue weighted by Crippen LogP contribution is -2.44. The third kappa shape index (κ3) is 5.11. The molecule has 1 saturated heterocycles. The van der Waals surface area contributed by atoms with Gasteiger partial charge in [0.05, 0.1) is 6.54 Å². The molecule has 2 fully saturated rings. The largest absolute Gasteiger partial charge is 0.352 e. The van der Waals surface area contributed by atoms with Gasteiger partial charge in [-0.05, 0) is 45.2 Å². The van der Waals surface area contributed by atoms with Gasteiger partial charge in [0.15, 0.2) is 0 Å². The van der Waals surface area contributed by atoms with E-state index in [0.717, 1.165) is 32.6 Å². The van der Waals surface area contributed by atoms with Crippen molar-refractivity contribution in [2.75, 3.05) is 32.7 Å². The molecule has 0 aromatic heterocycles. The number of hydrogen-bond donors (Lipinski definition) is 2. The molecular weight excluding hydrogens is 238 g/mol. The van der Waals surface area contributed by atoms with Crippen molar-refractivity contribution in [2.45, 2.75) is 51.5 Å². The minimum Gasteiger partial charge on any atom is -0.352 e. The summed E-state index contributed by atoms with van der Waals surface area (Å²) in [5.74, 6) is 0.906. The van der Waals surface area contributed by atoms with E-state index >= 15 is 0 Å². The molecule has 1 heterocycles. The molecule has 4 nitrogen and oxygen atoms in total. The quantitative estimate of drug-likeness (QED) is 0.808. The maximum Gasteiger partial charge on any atom is 0.234 e. The highest BCUT2D eigenvalue weighted by Gasteiger charge is 2.22. The number of nitrogens with zero attached hydrogens (tertiary/aromatic N) is 1. The van der Waals surface area contributed by atoms with E-state index in [2.05, 4.69) is 22.5 Å². The molecule has 2 rings (SSSR count). The summed E-state index contributed by atoms with van der Waals surface area (Å²) in [5.41, 5.74) is 0. The van der Waals surface area contributed by atoms with Crippen molar-refractivity contribution in [1.82, 2.24) is 15.5 Å². The van der Waals surface area contributed by atoms with Gasteiger partial charge < -0.3 is 10.6 Å². The molecule has 1 saturated carbocycles. The van der Waals surface area contributed by atoms with E-state index in [4.69, 9.17) is 0 Å². The van der Waals surface area contributed by atoms with Gasteiger partial charge in [0.1, 0.15) is 0 Å². The lowest BCUT2D eigenvalue weighted by Gasteiger charge is -2.29. The van der Waals surface area contributed by atoms with Crippen molar-refractivity contribution < 1.29 is 4.79 Å². The van der Waals surface area contributed by atoms with Crippen molar-refractivity contribution in [2.24, 2.45) is 5.92 Å². The third-order valence-electron chi connectivity index (χ3n) is 4.55. The molecule has 1 unspecified atom stereocenters. The van der Waals surface area contributed by atoms with Crippen LogP contribution in [0.3, 0.4) is 0 Å². The van der Waals surface area contributed by atoms with E-state index in [9.17, 15) is 4.79 Å². The minimum atomic E-state index is 0.208. The smallest absolute Gasteiger partial charge is 0.234 e. The van der Waals surface area contributed by atoms with E-state index in [1.165, 1.54) is 32.1 Å². The molecule has 19 heavy (non-hydrogen) atoms. The summed E-state index contributed by atoms with van der Waals surface area (Å²) in [6.45, 7) is 6.86. The van der Waals surface area contributed by atoms with Crippen LogP contribution in [0.4, 0.5) is 0 Å². The minimum absolute atomic E-state index is 0.208. The Morgan fingerprint density at radius 1 is 1.21 bits per heavy atom. The van der Waals surface area contributed by atoms with Crippen LogP contribution in [0, 0.1) is 5.92 Å². The van der Waals surface area contributed by atoms with Gasteiger partial charge in [0, 0.05) is 19.1 Å². The fourth-order valence-corrected chi connectivity index (χ4v) is 3.31. The second-order valence-corrected chi connectivity index (χ2v) is 6.13. The Bertz CT molecular complexity index is 269. The molecule has 1 aliphatic carbocycles. The third-order valence-corrected chi connectivity index (χ3v) is 4.55. The normalized spacial score (nSPS) is 24.7. The van der Waals surface area contributed by atoms with Gasteiger partial charge in [-0.15, -0.1) is 0 Å². The zero-order valence-electron chi connectivity index (χ0n) is 12.3. The van der Waals surface area contributed by atoms with Gasteiger partial charge in [-0.2, -0.15) is 0 Å². The number of carbonyl (C=O) groups excluding carboxylic acids is 1. The molecular formula is C15H29N3O. The molecule has 0 radical (unpaired) electrons. The van der Waals surface area contributed by atoms with Crippen LogP contribution in [-0.2, 0) is 4.79 Å². The first-order valence-corrected chi connectivity index (χ1v) is 7.98. The summed E-state index contributed by atoms with van der Waals surface area (Å²) in [5, 5.41) is 6.59. The van der Waals surface area contributed by atoms with Crippen molar-refractivity contribution in [1.29, 1.82) is 0 Å². The summed E-state index contributed by atoms with van der Waals surface area (Å²) in [6.07, 6.45) is 7.76. The van der Waals surface area contributed by atoms with Gasteiger partial charge >= 0.3 is 0 Å². The highest BCUT2D eigenvalue weighted by molar-refractivity contribution is 5.78. The highest BCUT2D eigenvalue weighted by Crippen LogP contribution is 2.26. The fraction of sp³-hybridized carbons (Fsp3) is 0.933. The molecule has 0 aromatic rings. The molecule has 1 atom stereocenters. The molecule has 2 aliphatic rings. The predicted octanol–water partition coefficient (Wildman–Crippen LogP) is 1.37. The number of rotatable bonds is 4. The molecule has 0 bridgehead atoms. The Hall–Kier alpha value is -0.610. The van der Waals surface area contributed by atoms with Gasteiger partial charge in [-0.1, -0.05) is 19.3 Å². The number of hydrogen-bond acceptors (Lipinski definition) is 3. The van der Waals surface area contributed by atoms with Gasteiger partial charge in [-0.3, -0.25) is 9.69 Å². The first kappa shape index (κ1) is 14.8. The van der Waals surface area contributed by atoms with Gasteiger partial charge in [0.25, 0.3) is 0 Å². The summed E-state index contributed by atoms with van der Waals surface area (Å²) < 4.78 is 0. The lowest BCUT2D eigenvalue weighted by atomic mass is 9.84. The van der Waals surface area contributed by atoms with Crippen LogP contribution >= 0.6 is 0 Å². The second-order valence-electron chi connectivity index (χ2n) is 6.13. The summed E-state index contributed by atoms with van der Waals surface area (Å²) in [7, 11) is 0. The van der Waals surface area contributed by atoms with E-state index in [1.807, 2.05) is 0 Å². The molecule has 2 N–H and O–H groups in total. The van der Waals surface area contributed by atoms with Crippen LogP contribution in [0.5, 0.6) is 0 Å². The standard InChI is InChI=1S/C15H29N3O/c1-13(14-6-3-2-4-7-14)17-15(19)12-18-10-5-8-16-9-11-18/h13-14,16H,2-12H2,1H3,(H,17,19). The Kier molecular flexibility index (Phi) is 6.11. The Labute approximate surface area is 117 Å². The van der Waals surface area contributed by atoms with Gasteiger partial charge in [-0.25, -0.2) is 0 Å². The van der Waals surface area contributed by atoms with Crippen molar-refractivity contribution >= 4 is 5.91 Å². The maximum absolute atomic E-state index is 12.1. The van der Waals surface area contributed by atoms with Crippen LogP contribution in [0.2, 0.25) is 0 Å². The van der Waals surface area contributed by atoms with Gasteiger partial charge in [0.2, 0.25) is 5.91 Å². The second kappa shape index (κ2) is 7.85. The first-order valence-electron chi connectivity index (χ1n) is 7.98. The van der Waals surface area contributed by atoms with Crippen LogP contribution in [0.15, 0.2) is 0 Å². The Balaban J connectivity index is 1.70. The van der Waals surface area contributed by atoms with Crippen LogP contribution in [0.25, 0.3) is 0 Å². The Morgan fingerprint density at radius 2 is 2.00 bits per heavy atom. The lowest BCUT2D eigenvalue weighted by molar-refractivity contribution is -0.123. The Morgan fingerprint density at radius 3 is 2.79 bits per heavy atom. The molecule has 4 heteroatoms. The van der Waals surface area contributed by atoms with Crippen LogP contribution in [0.1, 0.15) is 45.4 Å². The number of carbonyl (C=O) groups is 1. The van der Waals surface area contributed by atoms with E-state index < -0.39 is 0 Å². The number of nitrogens with one attached hydrogen (secondary N) is 2. The fourth-order valence-electron chi connectivity index (χ4n) is 3.31. The maximum atomic E-state index is 12.1. The topological polar surface area (TPSA) is 44.4 Å². The summed E-state index contributed by atoms with van der Waals surface area (Å²) >= 11 is 0. The zero-order chi connectivity index (χ0) is 13.5. The van der Waals surface area contributed by atoms with E-state index in [-0.39, 0.29) is 5.91 Å². The van der Waals surface area contributed by atoms with Crippen LogP contribution < -0.4 is 10.6 Å². The van der Waals surface area contributed by atoms with E-state index in [0.29, 0.717) is 18.5 Å². The average molecular weight is 267 g/mol.